The molecule has 0 spiro atoms. The summed E-state index contributed by atoms with van der Waals surface area (Å²) in [4.78, 5) is 83.9. The second-order valence-corrected chi connectivity index (χ2v) is 19.4. The maximum absolute atomic E-state index is 16.0. The molecule has 0 radical (unpaired) electrons. The SMILES string of the molecule is Cn1nc(N2CCC(=O)NC2=O)c2ccc(C3(O)CCCN(CC(=O)N4CCN(c5ccc(-c6cc(F)c7c(c6)C(=O)N(C(C(=O)Nc6nccs6)c6ncn8c6CCC8)C7)cc5)CC4)CC3)cc21. The summed E-state index contributed by atoms with van der Waals surface area (Å²) in [5.41, 5.74) is 4.55. The van der Waals surface area contributed by atoms with Gasteiger partial charge in [-0.25, -0.2) is 19.2 Å². The van der Waals surface area contributed by atoms with Crippen molar-refractivity contribution in [2.75, 3.05) is 67.5 Å². The number of imidazole rings is 1. The Bertz CT molecular complexity index is 3020. The Morgan fingerprint density at radius 2 is 1.74 bits per heavy atom. The van der Waals surface area contributed by atoms with E-state index >= 15 is 4.39 Å². The van der Waals surface area contributed by atoms with Gasteiger partial charge in [-0.05, 0) is 91.7 Å². The predicted octanol–water partition coefficient (Wildman–Crippen LogP) is 4.78. The highest BCUT2D eigenvalue weighted by molar-refractivity contribution is 7.13. The van der Waals surface area contributed by atoms with Gasteiger partial charge in [0.05, 0.1) is 36.2 Å². The van der Waals surface area contributed by atoms with Gasteiger partial charge in [-0.15, -0.1) is 11.3 Å². The van der Waals surface area contributed by atoms with Crippen LogP contribution in [0.3, 0.4) is 0 Å². The molecule has 6 amide bonds. The number of carbonyl (C=O) groups excluding carboxylic acids is 5. The molecular formula is C49H51FN12O6S. The van der Waals surface area contributed by atoms with Gasteiger partial charge in [0.1, 0.15) is 5.82 Å². The molecule has 11 rings (SSSR count). The van der Waals surface area contributed by atoms with E-state index in [1.165, 1.54) is 27.2 Å². The van der Waals surface area contributed by atoms with Gasteiger partial charge in [0, 0.05) is 98.8 Å². The van der Waals surface area contributed by atoms with Crippen LogP contribution >= 0.6 is 11.3 Å². The number of nitrogens with one attached hydrogen (secondary N) is 2. The number of amides is 6. The minimum atomic E-state index is -1.10. The number of benzene rings is 3. The van der Waals surface area contributed by atoms with E-state index in [1.807, 2.05) is 51.9 Å². The third-order valence-electron chi connectivity index (χ3n) is 14.4. The molecule has 3 aromatic carbocycles. The number of anilines is 3. The second-order valence-electron chi connectivity index (χ2n) is 18.5. The number of hydrogen-bond acceptors (Lipinski definition) is 12. The van der Waals surface area contributed by atoms with Crippen LogP contribution in [0.1, 0.15) is 71.0 Å². The highest BCUT2D eigenvalue weighted by Gasteiger charge is 2.42. The summed E-state index contributed by atoms with van der Waals surface area (Å²) in [6, 6.07) is 15.0. The van der Waals surface area contributed by atoms with Crippen LogP contribution in [-0.4, -0.2) is 126 Å². The first-order valence-corrected chi connectivity index (χ1v) is 24.3. The third-order valence-corrected chi connectivity index (χ3v) is 15.1. The van der Waals surface area contributed by atoms with Crippen molar-refractivity contribution in [2.45, 2.75) is 63.3 Å². The Kier molecular flexibility index (Phi) is 11.5. The number of imide groups is 1. The first-order valence-electron chi connectivity index (χ1n) is 23.4. The Morgan fingerprint density at radius 1 is 0.913 bits per heavy atom. The summed E-state index contributed by atoms with van der Waals surface area (Å²) in [5, 5.41) is 24.7. The number of aromatic nitrogens is 5. The van der Waals surface area contributed by atoms with Crippen molar-refractivity contribution in [3.8, 4) is 11.1 Å². The van der Waals surface area contributed by atoms with Gasteiger partial charge < -0.3 is 24.4 Å². The second kappa shape index (κ2) is 17.8. The lowest BCUT2D eigenvalue weighted by atomic mass is 9.86. The van der Waals surface area contributed by atoms with Crippen LogP contribution in [0.15, 0.2) is 72.5 Å². The summed E-state index contributed by atoms with van der Waals surface area (Å²) >= 11 is 1.27. The molecule has 6 aromatic rings. The standard InChI is InChI=1S/C49H51FN12O6S/c1-56-39-26-32(7-10-34(39)44(55-56)61-17-11-40(63)53-48(61)67)49(68)12-3-15-57(18-13-49)28-41(64)59-21-19-58(20-22-59)33-8-5-30(6-9-33)31-24-35-36(37(50)25-31)27-62(46(35)66)43(45(65)54-47-51-14-23-69-47)42-38-4-2-16-60(38)29-52-42/h5-10,14,23-26,29,43,68H,2-4,11-13,15-22,27-28H2,1H3,(H,51,54,65)(H,53,63,67). The van der Waals surface area contributed by atoms with Crippen LogP contribution in [0.4, 0.5) is 25.8 Å². The molecule has 0 aliphatic carbocycles. The third kappa shape index (κ3) is 8.29. The fraction of sp³-hybridized carbons (Fsp3) is 0.388. The van der Waals surface area contributed by atoms with E-state index in [1.54, 1.807) is 35.7 Å². The summed E-state index contributed by atoms with van der Waals surface area (Å²) in [5.74, 6) is -1.20. The predicted molar refractivity (Wildman–Crippen MR) is 255 cm³/mol. The van der Waals surface area contributed by atoms with Crippen LogP contribution in [0.2, 0.25) is 0 Å². The molecule has 2 atom stereocenters. The molecule has 5 aliphatic rings. The first-order chi connectivity index (χ1) is 33.4. The topological polar surface area (TPSA) is 194 Å². The Labute approximate surface area is 400 Å². The highest BCUT2D eigenvalue weighted by atomic mass is 32.1. The molecule has 5 aliphatic heterocycles. The van der Waals surface area contributed by atoms with Crippen LogP contribution in [0.5, 0.6) is 0 Å². The van der Waals surface area contributed by atoms with E-state index in [2.05, 4.69) is 35.5 Å². The number of hydrogen-bond donors (Lipinski definition) is 3. The number of carbonyl (C=O) groups is 5. The maximum Gasteiger partial charge on any atom is 0.329 e. The van der Waals surface area contributed by atoms with E-state index in [-0.39, 0.29) is 49.0 Å². The van der Waals surface area contributed by atoms with Crippen LogP contribution < -0.4 is 20.4 Å². The number of aryl methyl sites for hydroxylation is 2. The lowest BCUT2D eigenvalue weighted by Gasteiger charge is -2.37. The zero-order valence-electron chi connectivity index (χ0n) is 38.1. The van der Waals surface area contributed by atoms with Crippen molar-refractivity contribution in [2.24, 2.45) is 7.05 Å². The molecule has 0 bridgehead atoms. The Hall–Kier alpha value is -7.03. The van der Waals surface area contributed by atoms with E-state index in [0.717, 1.165) is 52.8 Å². The molecule has 356 valence electrons. The van der Waals surface area contributed by atoms with Crippen molar-refractivity contribution in [3.05, 3.63) is 106 Å². The van der Waals surface area contributed by atoms with Gasteiger partial charge in [0.25, 0.3) is 11.8 Å². The summed E-state index contributed by atoms with van der Waals surface area (Å²) in [6.07, 6.45) is 6.81. The maximum atomic E-state index is 16.0. The molecule has 8 heterocycles. The van der Waals surface area contributed by atoms with Crippen molar-refractivity contribution < 1.29 is 33.5 Å². The van der Waals surface area contributed by atoms with Gasteiger partial charge in [0.2, 0.25) is 11.8 Å². The minimum Gasteiger partial charge on any atom is -0.385 e. The lowest BCUT2D eigenvalue weighted by Crippen LogP contribution is -2.51. The van der Waals surface area contributed by atoms with Crippen LogP contribution in [0.25, 0.3) is 22.0 Å². The zero-order chi connectivity index (χ0) is 47.6. The highest BCUT2D eigenvalue weighted by Crippen LogP contribution is 2.40. The monoisotopic (exact) mass is 954 g/mol. The van der Waals surface area contributed by atoms with E-state index in [0.29, 0.717) is 80.7 Å². The summed E-state index contributed by atoms with van der Waals surface area (Å²) in [6.45, 7) is 4.83. The van der Waals surface area contributed by atoms with E-state index < -0.39 is 35.3 Å². The van der Waals surface area contributed by atoms with Crippen molar-refractivity contribution >= 4 is 68.5 Å². The fourth-order valence-electron chi connectivity index (χ4n) is 10.7. The van der Waals surface area contributed by atoms with Gasteiger partial charge in [0.15, 0.2) is 17.0 Å². The van der Waals surface area contributed by atoms with Crippen molar-refractivity contribution in [1.82, 2.24) is 44.3 Å². The number of rotatable bonds is 10. The molecule has 18 nitrogen and oxygen atoms in total. The molecule has 2 unspecified atom stereocenters. The van der Waals surface area contributed by atoms with E-state index in [9.17, 15) is 29.1 Å². The number of urea groups is 1. The molecule has 0 saturated carbocycles. The van der Waals surface area contributed by atoms with Gasteiger partial charge in [-0.2, -0.15) is 5.10 Å². The molecule has 3 saturated heterocycles. The zero-order valence-corrected chi connectivity index (χ0v) is 38.9. The number of nitrogens with zero attached hydrogens (tertiary/aromatic N) is 10. The molecule has 3 fully saturated rings. The van der Waals surface area contributed by atoms with Gasteiger partial charge >= 0.3 is 6.03 Å². The van der Waals surface area contributed by atoms with Crippen molar-refractivity contribution in [3.63, 3.8) is 0 Å². The largest absolute Gasteiger partial charge is 0.385 e. The molecule has 3 N–H and O–H groups in total. The van der Waals surface area contributed by atoms with Crippen molar-refractivity contribution in [1.29, 1.82) is 0 Å². The van der Waals surface area contributed by atoms with Gasteiger partial charge in [-0.3, -0.25) is 44.3 Å². The number of fused-ring (bicyclic) bond motifs is 3. The molecule has 3 aromatic heterocycles. The average Bonchev–Trinajstić information content (AvgIpc) is 4.20. The summed E-state index contributed by atoms with van der Waals surface area (Å²) < 4.78 is 19.7. The first kappa shape index (κ1) is 44.5. The van der Waals surface area contributed by atoms with Gasteiger partial charge in [-0.1, -0.05) is 18.2 Å². The smallest absolute Gasteiger partial charge is 0.329 e. The number of likely N-dealkylation sites (tertiary alicyclic amines) is 1. The minimum absolute atomic E-state index is 0.0507. The summed E-state index contributed by atoms with van der Waals surface area (Å²) in [7, 11) is 1.79. The molecule has 20 heteroatoms. The van der Waals surface area contributed by atoms with Crippen LogP contribution in [0, 0.1) is 5.82 Å². The Morgan fingerprint density at radius 3 is 2.52 bits per heavy atom. The number of halogens is 1. The molecular weight excluding hydrogens is 904 g/mol. The lowest BCUT2D eigenvalue weighted by molar-refractivity contribution is -0.132. The number of thiazole rings is 1. The fourth-order valence-corrected chi connectivity index (χ4v) is 11.2. The quantitative estimate of drug-likeness (QED) is 0.171. The Balaban J connectivity index is 0.704. The van der Waals surface area contributed by atoms with Crippen LogP contribution in [-0.2, 0) is 46.5 Å². The molecule has 69 heavy (non-hydrogen) atoms. The number of piperazine rings is 1. The van der Waals surface area contributed by atoms with E-state index in [4.69, 9.17) is 0 Å². The normalized spacial score (nSPS) is 20.3. The number of aliphatic hydroxyl groups is 1. The average molecular weight is 955 g/mol.